The Bertz CT molecular complexity index is 555. The summed E-state index contributed by atoms with van der Waals surface area (Å²) >= 11 is 1.41. The minimum absolute atomic E-state index is 0.681. The number of hydrogen-bond donors (Lipinski definition) is 1. The van der Waals surface area contributed by atoms with Gasteiger partial charge in [0.05, 0.1) is 7.11 Å². The molecule has 0 atom stereocenters. The molecule has 0 fully saturated rings. The molecule has 0 aliphatic carbocycles. The van der Waals surface area contributed by atoms with Gasteiger partial charge >= 0.3 is 0 Å². The summed E-state index contributed by atoms with van der Waals surface area (Å²) in [5, 5.41) is 13.1. The lowest BCUT2D eigenvalue weighted by molar-refractivity contribution is 0.415. The van der Waals surface area contributed by atoms with Gasteiger partial charge in [-0.25, -0.2) is 0 Å². The van der Waals surface area contributed by atoms with E-state index in [-0.39, 0.29) is 0 Å². The summed E-state index contributed by atoms with van der Waals surface area (Å²) in [4.78, 5) is 0.681. The first-order valence-corrected chi connectivity index (χ1v) is 5.97. The fraction of sp³-hybridized carbons (Fsp3) is 0.154. The van der Waals surface area contributed by atoms with Crippen molar-refractivity contribution in [1.29, 1.82) is 5.26 Å². The number of nitriles is 1. The molecule has 0 saturated heterocycles. The molecule has 2 rings (SSSR count). The first kappa shape index (κ1) is 11.5. The van der Waals surface area contributed by atoms with Crippen molar-refractivity contribution in [3.63, 3.8) is 0 Å². The third kappa shape index (κ3) is 2.24. The largest absolute Gasteiger partial charge is 0.493 e. The van der Waals surface area contributed by atoms with Crippen molar-refractivity contribution in [3.8, 4) is 11.8 Å². The Hall–Kier alpha value is -1.99. The molecule has 1 aromatic heterocycles. The summed E-state index contributed by atoms with van der Waals surface area (Å²) in [6.45, 7) is 1.89. The number of anilines is 2. The summed E-state index contributed by atoms with van der Waals surface area (Å²) in [7, 11) is 1.62. The lowest BCUT2D eigenvalue weighted by Crippen LogP contribution is -1.91. The van der Waals surface area contributed by atoms with Gasteiger partial charge in [-0.3, -0.25) is 0 Å². The average Bonchev–Trinajstić information content (AvgIpc) is 2.66. The van der Waals surface area contributed by atoms with Gasteiger partial charge in [-0.05, 0) is 19.1 Å². The highest BCUT2D eigenvalue weighted by molar-refractivity contribution is 7.17. The molecule has 0 aliphatic heterocycles. The minimum Gasteiger partial charge on any atom is -0.493 e. The number of nitrogens with one attached hydrogen (secondary N) is 1. The van der Waals surface area contributed by atoms with E-state index in [1.54, 1.807) is 7.11 Å². The van der Waals surface area contributed by atoms with Gasteiger partial charge in [0.15, 0.2) is 5.75 Å². The summed E-state index contributed by atoms with van der Waals surface area (Å²) in [5.74, 6) is 0.746. The highest BCUT2D eigenvalue weighted by atomic mass is 32.1. The molecule has 0 spiro atoms. The molecule has 0 unspecified atom stereocenters. The van der Waals surface area contributed by atoms with Crippen LogP contribution in [0.15, 0.2) is 30.3 Å². The third-order valence-electron chi connectivity index (χ3n) is 2.43. The van der Waals surface area contributed by atoms with Crippen LogP contribution in [0.25, 0.3) is 0 Å². The summed E-state index contributed by atoms with van der Waals surface area (Å²) in [5.41, 5.74) is 1.87. The van der Waals surface area contributed by atoms with Crippen molar-refractivity contribution in [2.24, 2.45) is 0 Å². The Morgan fingerprint density at radius 3 is 2.59 bits per heavy atom. The van der Waals surface area contributed by atoms with Gasteiger partial charge in [0.25, 0.3) is 0 Å². The van der Waals surface area contributed by atoms with Crippen LogP contribution in [0.5, 0.6) is 5.75 Å². The van der Waals surface area contributed by atoms with E-state index in [1.807, 2.05) is 37.3 Å². The van der Waals surface area contributed by atoms with Crippen molar-refractivity contribution in [2.45, 2.75) is 6.92 Å². The Labute approximate surface area is 104 Å². The number of nitrogens with zero attached hydrogens (tertiary/aromatic N) is 1. The number of methoxy groups -OCH3 is 1. The van der Waals surface area contributed by atoms with Crippen LogP contribution in [-0.2, 0) is 0 Å². The smallest absolute Gasteiger partial charge is 0.157 e. The standard InChI is InChI=1S/C13H12N2OS/c1-9-11(8-14)17-13(12(9)16-2)15-10-6-4-3-5-7-10/h3-7,15H,1-2H3. The Balaban J connectivity index is 2.37. The Morgan fingerprint density at radius 1 is 1.29 bits per heavy atom. The third-order valence-corrected chi connectivity index (χ3v) is 3.52. The van der Waals surface area contributed by atoms with Crippen molar-refractivity contribution < 1.29 is 4.74 Å². The number of hydrogen-bond acceptors (Lipinski definition) is 4. The molecular weight excluding hydrogens is 232 g/mol. The molecule has 1 N–H and O–H groups in total. The van der Waals surface area contributed by atoms with Crippen LogP contribution < -0.4 is 10.1 Å². The predicted molar refractivity (Wildman–Crippen MR) is 70.0 cm³/mol. The first-order chi connectivity index (χ1) is 8.26. The molecule has 17 heavy (non-hydrogen) atoms. The van der Waals surface area contributed by atoms with Crippen LogP contribution in [0.1, 0.15) is 10.4 Å². The maximum Gasteiger partial charge on any atom is 0.157 e. The van der Waals surface area contributed by atoms with Crippen molar-refractivity contribution in [1.82, 2.24) is 0 Å². The van der Waals surface area contributed by atoms with Gasteiger partial charge in [-0.1, -0.05) is 18.2 Å². The second-order valence-corrected chi connectivity index (χ2v) is 4.54. The van der Waals surface area contributed by atoms with E-state index >= 15 is 0 Å². The number of thiophene rings is 1. The maximum absolute atomic E-state index is 8.99. The molecule has 0 amide bonds. The van der Waals surface area contributed by atoms with Crippen LogP contribution >= 0.6 is 11.3 Å². The number of rotatable bonds is 3. The molecule has 0 aliphatic rings. The molecular formula is C13H12N2OS. The van der Waals surface area contributed by atoms with E-state index in [0.29, 0.717) is 4.88 Å². The summed E-state index contributed by atoms with van der Waals surface area (Å²) in [6.07, 6.45) is 0. The van der Waals surface area contributed by atoms with Crippen LogP contribution in [0.4, 0.5) is 10.7 Å². The van der Waals surface area contributed by atoms with E-state index in [1.165, 1.54) is 11.3 Å². The number of ether oxygens (including phenoxy) is 1. The minimum atomic E-state index is 0.681. The van der Waals surface area contributed by atoms with Gasteiger partial charge in [0.1, 0.15) is 15.9 Å². The van der Waals surface area contributed by atoms with Crippen LogP contribution in [-0.4, -0.2) is 7.11 Å². The molecule has 0 bridgehead atoms. The van der Waals surface area contributed by atoms with Gasteiger partial charge in [-0.15, -0.1) is 11.3 Å². The van der Waals surface area contributed by atoms with Gasteiger partial charge in [-0.2, -0.15) is 5.26 Å². The molecule has 0 radical (unpaired) electrons. The molecule has 1 aromatic carbocycles. The molecule has 2 aromatic rings. The first-order valence-electron chi connectivity index (χ1n) is 5.15. The summed E-state index contributed by atoms with van der Waals surface area (Å²) in [6, 6.07) is 12.0. The second-order valence-electron chi connectivity index (χ2n) is 3.52. The van der Waals surface area contributed by atoms with E-state index in [9.17, 15) is 0 Å². The molecule has 4 heteroatoms. The van der Waals surface area contributed by atoms with E-state index < -0.39 is 0 Å². The van der Waals surface area contributed by atoms with Crippen LogP contribution in [0, 0.1) is 18.3 Å². The van der Waals surface area contributed by atoms with E-state index in [4.69, 9.17) is 10.00 Å². The van der Waals surface area contributed by atoms with Gasteiger partial charge < -0.3 is 10.1 Å². The fourth-order valence-corrected chi connectivity index (χ4v) is 2.58. The highest BCUT2D eigenvalue weighted by Crippen LogP contribution is 2.40. The maximum atomic E-state index is 8.99. The average molecular weight is 244 g/mol. The van der Waals surface area contributed by atoms with Crippen molar-refractivity contribution >= 4 is 22.0 Å². The molecule has 3 nitrogen and oxygen atoms in total. The topological polar surface area (TPSA) is 45.0 Å². The number of para-hydroxylation sites is 1. The zero-order valence-corrected chi connectivity index (χ0v) is 10.5. The zero-order valence-electron chi connectivity index (χ0n) is 9.65. The van der Waals surface area contributed by atoms with E-state index in [0.717, 1.165) is 22.0 Å². The zero-order chi connectivity index (χ0) is 12.3. The summed E-state index contributed by atoms with van der Waals surface area (Å²) < 4.78 is 5.33. The Morgan fingerprint density at radius 2 is 2.00 bits per heavy atom. The molecule has 1 heterocycles. The second kappa shape index (κ2) is 4.89. The fourth-order valence-electron chi connectivity index (χ4n) is 1.59. The lowest BCUT2D eigenvalue weighted by atomic mass is 10.2. The van der Waals surface area contributed by atoms with Gasteiger partial charge in [0.2, 0.25) is 0 Å². The monoisotopic (exact) mass is 244 g/mol. The van der Waals surface area contributed by atoms with E-state index in [2.05, 4.69) is 11.4 Å². The lowest BCUT2D eigenvalue weighted by Gasteiger charge is -2.06. The molecule has 0 saturated carbocycles. The Kier molecular flexibility index (Phi) is 3.31. The van der Waals surface area contributed by atoms with Crippen molar-refractivity contribution in [2.75, 3.05) is 12.4 Å². The highest BCUT2D eigenvalue weighted by Gasteiger charge is 2.15. The quantitative estimate of drug-likeness (QED) is 0.895. The van der Waals surface area contributed by atoms with Gasteiger partial charge in [0, 0.05) is 11.3 Å². The van der Waals surface area contributed by atoms with Crippen molar-refractivity contribution in [3.05, 3.63) is 40.8 Å². The normalized spacial score (nSPS) is 9.71. The SMILES string of the molecule is COc1c(Nc2ccccc2)sc(C#N)c1C. The number of benzene rings is 1. The predicted octanol–water partition coefficient (Wildman–Crippen LogP) is 3.68. The molecule has 86 valence electrons. The van der Waals surface area contributed by atoms with Crippen LogP contribution in [0.3, 0.4) is 0 Å². The van der Waals surface area contributed by atoms with Crippen LogP contribution in [0.2, 0.25) is 0 Å².